The van der Waals surface area contributed by atoms with Crippen LogP contribution >= 0.6 is 0 Å². The summed E-state index contributed by atoms with van der Waals surface area (Å²) < 4.78 is 16.1. The molecule has 0 saturated carbocycles. The third-order valence-corrected chi connectivity index (χ3v) is 4.18. The van der Waals surface area contributed by atoms with Gasteiger partial charge >= 0.3 is 0 Å². The molecule has 2 heterocycles. The van der Waals surface area contributed by atoms with E-state index in [9.17, 15) is 9.59 Å². The number of ether oxygens (including phenoxy) is 3. The second kappa shape index (κ2) is 7.63. The van der Waals surface area contributed by atoms with Crippen molar-refractivity contribution in [2.24, 2.45) is 11.8 Å². The van der Waals surface area contributed by atoms with Crippen LogP contribution in [0.15, 0.2) is 18.2 Å². The van der Waals surface area contributed by atoms with Crippen LogP contribution in [0.2, 0.25) is 0 Å². The highest BCUT2D eigenvalue weighted by molar-refractivity contribution is 5.89. The van der Waals surface area contributed by atoms with Crippen LogP contribution in [-0.2, 0) is 9.59 Å². The molecule has 2 amide bonds. The molecule has 0 radical (unpaired) electrons. The lowest BCUT2D eigenvalue weighted by Gasteiger charge is -2.18. The number of benzene rings is 1. The fourth-order valence-electron chi connectivity index (χ4n) is 3.02. The van der Waals surface area contributed by atoms with Gasteiger partial charge in [-0.2, -0.15) is 0 Å². The normalized spacial score (nSPS) is 18.8. The quantitative estimate of drug-likeness (QED) is 0.754. The van der Waals surface area contributed by atoms with Gasteiger partial charge in [-0.15, -0.1) is 0 Å². The fourth-order valence-corrected chi connectivity index (χ4v) is 3.02. The maximum atomic E-state index is 12.2. The van der Waals surface area contributed by atoms with Gasteiger partial charge in [-0.25, -0.2) is 0 Å². The summed E-state index contributed by atoms with van der Waals surface area (Å²) in [6.45, 7) is 6.30. The van der Waals surface area contributed by atoms with E-state index in [0.717, 1.165) is 0 Å². The van der Waals surface area contributed by atoms with Crippen molar-refractivity contribution in [2.45, 2.75) is 20.3 Å². The zero-order valence-corrected chi connectivity index (χ0v) is 14.6. The first-order valence-electron chi connectivity index (χ1n) is 8.61. The van der Waals surface area contributed by atoms with Gasteiger partial charge in [0.25, 0.3) is 0 Å². The highest BCUT2D eigenvalue weighted by Gasteiger charge is 2.34. The molecular formula is C18H24N2O5. The van der Waals surface area contributed by atoms with Crippen LogP contribution in [0.1, 0.15) is 20.3 Å². The average molecular weight is 348 g/mol. The number of likely N-dealkylation sites (tertiary alicyclic amines) is 1. The Morgan fingerprint density at radius 1 is 1.36 bits per heavy atom. The summed E-state index contributed by atoms with van der Waals surface area (Å²) in [5.41, 5.74) is 0. The van der Waals surface area contributed by atoms with Gasteiger partial charge in [0.15, 0.2) is 11.5 Å². The number of hydrogen-bond donors (Lipinski definition) is 1. The van der Waals surface area contributed by atoms with E-state index in [1.807, 2.05) is 0 Å². The Morgan fingerprint density at radius 3 is 2.96 bits per heavy atom. The molecule has 1 fully saturated rings. The Morgan fingerprint density at radius 2 is 2.16 bits per heavy atom. The van der Waals surface area contributed by atoms with Crippen molar-refractivity contribution in [2.75, 3.05) is 33.0 Å². The first kappa shape index (κ1) is 17.4. The summed E-state index contributed by atoms with van der Waals surface area (Å²) in [5.74, 6) is 2.14. The van der Waals surface area contributed by atoms with Crippen molar-refractivity contribution in [3.63, 3.8) is 0 Å². The predicted molar refractivity (Wildman–Crippen MR) is 90.6 cm³/mol. The second-order valence-electron chi connectivity index (χ2n) is 6.75. The third kappa shape index (κ3) is 4.35. The van der Waals surface area contributed by atoms with Crippen molar-refractivity contribution < 1.29 is 23.8 Å². The first-order valence-corrected chi connectivity index (χ1v) is 8.61. The SMILES string of the molecule is CC(C)CN1C[C@H](C(=O)NCCOc2ccc3c(c2)OCO3)CC1=O. The predicted octanol–water partition coefficient (Wildman–Crippen LogP) is 1.41. The minimum atomic E-state index is -0.267. The van der Waals surface area contributed by atoms with E-state index >= 15 is 0 Å². The zero-order valence-electron chi connectivity index (χ0n) is 14.6. The van der Waals surface area contributed by atoms with Gasteiger partial charge < -0.3 is 24.4 Å². The van der Waals surface area contributed by atoms with E-state index in [1.165, 1.54) is 0 Å². The molecule has 1 aromatic carbocycles. The molecule has 7 nitrogen and oxygen atoms in total. The second-order valence-corrected chi connectivity index (χ2v) is 6.75. The maximum absolute atomic E-state index is 12.2. The summed E-state index contributed by atoms with van der Waals surface area (Å²) >= 11 is 0. The van der Waals surface area contributed by atoms with Gasteiger partial charge in [-0.3, -0.25) is 9.59 Å². The number of nitrogens with one attached hydrogen (secondary N) is 1. The van der Waals surface area contributed by atoms with Crippen molar-refractivity contribution in [1.29, 1.82) is 0 Å². The molecule has 136 valence electrons. The summed E-state index contributed by atoms with van der Waals surface area (Å²) in [4.78, 5) is 25.9. The van der Waals surface area contributed by atoms with Crippen LogP contribution in [-0.4, -0.2) is 49.7 Å². The Labute approximate surface area is 147 Å². The molecule has 1 aromatic rings. The lowest BCUT2D eigenvalue weighted by molar-refractivity contribution is -0.129. The summed E-state index contributed by atoms with van der Waals surface area (Å²) in [6.07, 6.45) is 0.293. The van der Waals surface area contributed by atoms with Crippen LogP contribution in [0.25, 0.3) is 0 Å². The van der Waals surface area contributed by atoms with E-state index < -0.39 is 0 Å². The molecule has 2 aliphatic heterocycles. The molecule has 7 heteroatoms. The smallest absolute Gasteiger partial charge is 0.231 e. The molecule has 1 saturated heterocycles. The van der Waals surface area contributed by atoms with Crippen molar-refractivity contribution in [1.82, 2.24) is 10.2 Å². The fraction of sp³-hybridized carbons (Fsp3) is 0.556. The number of amides is 2. The average Bonchev–Trinajstić information content (AvgIpc) is 3.17. The Hall–Kier alpha value is -2.44. The highest BCUT2D eigenvalue weighted by atomic mass is 16.7. The highest BCUT2D eigenvalue weighted by Crippen LogP contribution is 2.34. The van der Waals surface area contributed by atoms with Crippen molar-refractivity contribution in [3.05, 3.63) is 18.2 Å². The van der Waals surface area contributed by atoms with Crippen molar-refractivity contribution >= 4 is 11.8 Å². The number of carbonyl (C=O) groups excluding carboxylic acids is 2. The van der Waals surface area contributed by atoms with Gasteiger partial charge in [0.2, 0.25) is 18.6 Å². The zero-order chi connectivity index (χ0) is 17.8. The molecule has 0 bridgehead atoms. The molecule has 25 heavy (non-hydrogen) atoms. The molecule has 0 aromatic heterocycles. The van der Waals surface area contributed by atoms with Gasteiger partial charge in [0.05, 0.1) is 12.5 Å². The van der Waals surface area contributed by atoms with Crippen LogP contribution in [0.5, 0.6) is 17.2 Å². The van der Waals surface area contributed by atoms with E-state index in [1.54, 1.807) is 23.1 Å². The molecule has 0 unspecified atom stereocenters. The molecule has 2 aliphatic rings. The van der Waals surface area contributed by atoms with E-state index in [2.05, 4.69) is 19.2 Å². The molecule has 1 atom stereocenters. The molecule has 0 spiro atoms. The van der Waals surface area contributed by atoms with Crippen LogP contribution in [0.4, 0.5) is 0 Å². The van der Waals surface area contributed by atoms with Gasteiger partial charge in [-0.05, 0) is 18.1 Å². The van der Waals surface area contributed by atoms with Gasteiger partial charge in [-0.1, -0.05) is 13.8 Å². The van der Waals surface area contributed by atoms with E-state index in [4.69, 9.17) is 14.2 Å². The minimum Gasteiger partial charge on any atom is -0.492 e. The lowest BCUT2D eigenvalue weighted by Crippen LogP contribution is -2.35. The maximum Gasteiger partial charge on any atom is 0.231 e. The number of fused-ring (bicyclic) bond motifs is 1. The summed E-state index contributed by atoms with van der Waals surface area (Å²) in [7, 11) is 0. The minimum absolute atomic E-state index is 0.0606. The standard InChI is InChI=1S/C18H24N2O5/c1-12(2)9-20-10-13(7-17(20)21)18(22)19-5-6-23-14-3-4-15-16(8-14)25-11-24-15/h3-4,8,12-13H,5-7,9-11H2,1-2H3,(H,19,22)/t13-/m1/s1. The summed E-state index contributed by atoms with van der Waals surface area (Å²) in [6, 6.07) is 5.36. The number of hydrogen-bond acceptors (Lipinski definition) is 5. The Balaban J connectivity index is 1.39. The summed E-state index contributed by atoms with van der Waals surface area (Å²) in [5, 5.41) is 2.84. The number of carbonyl (C=O) groups is 2. The van der Waals surface area contributed by atoms with Gasteiger partial charge in [0.1, 0.15) is 12.4 Å². The molecular weight excluding hydrogens is 324 g/mol. The van der Waals surface area contributed by atoms with Crippen molar-refractivity contribution in [3.8, 4) is 17.2 Å². The number of nitrogens with zero attached hydrogens (tertiary/aromatic N) is 1. The van der Waals surface area contributed by atoms with Crippen LogP contribution in [0, 0.1) is 11.8 Å². The lowest BCUT2D eigenvalue weighted by atomic mass is 10.1. The third-order valence-electron chi connectivity index (χ3n) is 4.18. The topological polar surface area (TPSA) is 77.1 Å². The van der Waals surface area contributed by atoms with E-state index in [-0.39, 0.29) is 24.5 Å². The molecule has 1 N–H and O–H groups in total. The number of rotatable bonds is 7. The van der Waals surface area contributed by atoms with Gasteiger partial charge in [0, 0.05) is 25.6 Å². The Bertz CT molecular complexity index is 646. The largest absolute Gasteiger partial charge is 0.492 e. The van der Waals surface area contributed by atoms with Crippen LogP contribution < -0.4 is 19.5 Å². The van der Waals surface area contributed by atoms with E-state index in [0.29, 0.717) is 55.8 Å². The monoisotopic (exact) mass is 348 g/mol. The van der Waals surface area contributed by atoms with Crippen LogP contribution in [0.3, 0.4) is 0 Å². The molecule has 0 aliphatic carbocycles. The Kier molecular flexibility index (Phi) is 5.31. The molecule has 3 rings (SSSR count). The first-order chi connectivity index (χ1) is 12.0.